The van der Waals surface area contributed by atoms with Gasteiger partial charge in [0, 0.05) is 42.3 Å². The van der Waals surface area contributed by atoms with Gasteiger partial charge in [0.05, 0.1) is 5.52 Å². The number of nitrogens with zero attached hydrogens (tertiary/aromatic N) is 2. The lowest BCUT2D eigenvalue weighted by Crippen LogP contribution is -2.63. The summed E-state index contributed by atoms with van der Waals surface area (Å²) in [5, 5.41) is 4.63. The zero-order valence-electron chi connectivity index (χ0n) is 15.4. The summed E-state index contributed by atoms with van der Waals surface area (Å²) in [5.74, 6) is 0.846. The Hall–Kier alpha value is -1.94. The van der Waals surface area contributed by atoms with E-state index >= 15 is 0 Å². The van der Waals surface area contributed by atoms with Crippen molar-refractivity contribution in [1.82, 2.24) is 15.2 Å². The maximum Gasteiger partial charge on any atom is 0.253 e. The molecule has 2 aromatic rings. The molecule has 2 aliphatic rings. The molecule has 0 saturated carbocycles. The number of hydrogen-bond donors (Lipinski definition) is 1. The van der Waals surface area contributed by atoms with Crippen LogP contribution in [0.15, 0.2) is 30.3 Å². The van der Waals surface area contributed by atoms with E-state index in [-0.39, 0.29) is 5.91 Å². The Morgan fingerprint density at radius 3 is 2.60 bits per heavy atom. The second-order valence-electron chi connectivity index (χ2n) is 8.34. The molecule has 25 heavy (non-hydrogen) atoms. The van der Waals surface area contributed by atoms with Gasteiger partial charge in [-0.05, 0) is 55.4 Å². The van der Waals surface area contributed by atoms with Gasteiger partial charge in [-0.25, -0.2) is 0 Å². The lowest BCUT2D eigenvalue weighted by molar-refractivity contribution is 0.0355. The Kier molecular flexibility index (Phi) is 4.03. The topological polar surface area (TPSA) is 45.2 Å². The summed E-state index contributed by atoms with van der Waals surface area (Å²) in [7, 11) is 0. The fraction of sp³-hybridized carbons (Fsp3) is 0.524. The number of carbonyl (C=O) groups is 1. The van der Waals surface area contributed by atoms with Crippen molar-refractivity contribution in [3.05, 3.63) is 41.6 Å². The van der Waals surface area contributed by atoms with Crippen LogP contribution in [-0.4, -0.2) is 41.5 Å². The van der Waals surface area contributed by atoms with Crippen molar-refractivity contribution in [3.63, 3.8) is 0 Å². The lowest BCUT2D eigenvalue weighted by Gasteiger charge is -2.51. The number of amides is 1. The van der Waals surface area contributed by atoms with Gasteiger partial charge in [-0.3, -0.25) is 9.78 Å². The molecular formula is C21H27N3O. The van der Waals surface area contributed by atoms with Gasteiger partial charge >= 0.3 is 0 Å². The van der Waals surface area contributed by atoms with Gasteiger partial charge in [0.2, 0.25) is 0 Å². The van der Waals surface area contributed by atoms with E-state index in [4.69, 9.17) is 0 Å². The summed E-state index contributed by atoms with van der Waals surface area (Å²) in [4.78, 5) is 19.4. The third-order valence-corrected chi connectivity index (χ3v) is 5.99. The number of hydrogen-bond acceptors (Lipinski definition) is 3. The number of aryl methyl sites for hydroxylation is 1. The molecule has 1 N–H and O–H groups in total. The number of pyridine rings is 1. The first-order chi connectivity index (χ1) is 11.9. The quantitative estimate of drug-likeness (QED) is 0.913. The molecule has 0 bridgehead atoms. The Morgan fingerprint density at radius 2 is 1.96 bits per heavy atom. The molecule has 0 radical (unpaired) electrons. The third-order valence-electron chi connectivity index (χ3n) is 5.99. The van der Waals surface area contributed by atoms with Gasteiger partial charge in [-0.15, -0.1) is 0 Å². The first kappa shape index (κ1) is 16.5. The van der Waals surface area contributed by atoms with Crippen LogP contribution in [0.4, 0.5) is 0 Å². The maximum absolute atomic E-state index is 12.9. The molecule has 3 heterocycles. The molecule has 2 saturated heterocycles. The minimum absolute atomic E-state index is 0.154. The van der Waals surface area contributed by atoms with E-state index in [9.17, 15) is 4.79 Å². The van der Waals surface area contributed by atoms with Gasteiger partial charge in [0.15, 0.2) is 0 Å². The summed E-state index contributed by atoms with van der Waals surface area (Å²) >= 11 is 0. The van der Waals surface area contributed by atoms with Crippen LogP contribution >= 0.6 is 0 Å². The Morgan fingerprint density at radius 1 is 1.20 bits per heavy atom. The zero-order valence-corrected chi connectivity index (χ0v) is 15.4. The number of aromatic nitrogens is 1. The number of carbonyl (C=O) groups excluding carboxylic acids is 1. The van der Waals surface area contributed by atoms with Crippen LogP contribution in [-0.2, 0) is 0 Å². The van der Waals surface area contributed by atoms with Crippen molar-refractivity contribution < 1.29 is 4.79 Å². The van der Waals surface area contributed by atoms with E-state index in [0.29, 0.717) is 17.4 Å². The molecule has 2 fully saturated rings. The lowest BCUT2D eigenvalue weighted by atomic mass is 9.68. The predicted octanol–water partition coefficient (Wildman–Crippen LogP) is 3.39. The number of likely N-dealkylation sites (tertiary alicyclic amines) is 1. The molecule has 0 aliphatic carbocycles. The average molecular weight is 337 g/mol. The van der Waals surface area contributed by atoms with Crippen molar-refractivity contribution in [3.8, 4) is 0 Å². The highest BCUT2D eigenvalue weighted by atomic mass is 16.2. The van der Waals surface area contributed by atoms with E-state index in [0.717, 1.165) is 54.6 Å². The smallest absolute Gasteiger partial charge is 0.253 e. The zero-order chi connectivity index (χ0) is 17.6. The number of fused-ring (bicyclic) bond motifs is 1. The van der Waals surface area contributed by atoms with Crippen LogP contribution in [0, 0.1) is 18.3 Å². The van der Waals surface area contributed by atoms with E-state index in [1.807, 2.05) is 42.2 Å². The van der Waals surface area contributed by atoms with Crippen LogP contribution < -0.4 is 5.32 Å². The summed E-state index contributed by atoms with van der Waals surface area (Å²) in [6.45, 7) is 9.51. The van der Waals surface area contributed by atoms with Crippen molar-refractivity contribution >= 4 is 16.8 Å². The fourth-order valence-electron chi connectivity index (χ4n) is 4.41. The molecule has 4 nitrogen and oxygen atoms in total. The van der Waals surface area contributed by atoms with Crippen LogP contribution in [0.3, 0.4) is 0 Å². The standard InChI is InChI=1S/C21H27N3O/c1-14-4-5-16-12-17(6-7-18(16)23-14)20(25)24-10-8-15(9-11-24)19-21(2,3)13-22-19/h4-7,12,15,19,22H,8-11,13H2,1-3H3. The number of rotatable bonds is 2. The minimum Gasteiger partial charge on any atom is -0.339 e. The van der Waals surface area contributed by atoms with Gasteiger partial charge in [-0.2, -0.15) is 0 Å². The number of piperidine rings is 1. The summed E-state index contributed by atoms with van der Waals surface area (Å²) in [5.41, 5.74) is 3.13. The van der Waals surface area contributed by atoms with E-state index < -0.39 is 0 Å². The third kappa shape index (κ3) is 3.04. The molecule has 0 spiro atoms. The molecule has 4 heteroatoms. The molecule has 1 atom stereocenters. The first-order valence-electron chi connectivity index (χ1n) is 9.34. The van der Waals surface area contributed by atoms with E-state index in [2.05, 4.69) is 24.1 Å². The van der Waals surface area contributed by atoms with Gasteiger partial charge < -0.3 is 10.2 Å². The van der Waals surface area contributed by atoms with Gasteiger partial charge in [0.1, 0.15) is 0 Å². The van der Waals surface area contributed by atoms with E-state index in [1.165, 1.54) is 0 Å². The van der Waals surface area contributed by atoms with Gasteiger partial charge in [-0.1, -0.05) is 19.9 Å². The Bertz CT molecular complexity index is 806. The molecule has 1 amide bonds. The second-order valence-corrected chi connectivity index (χ2v) is 8.34. The first-order valence-corrected chi connectivity index (χ1v) is 9.34. The molecule has 4 rings (SSSR count). The van der Waals surface area contributed by atoms with E-state index in [1.54, 1.807) is 0 Å². The molecule has 2 aliphatic heterocycles. The molecular weight excluding hydrogens is 310 g/mol. The molecule has 1 aromatic heterocycles. The fourth-order valence-corrected chi connectivity index (χ4v) is 4.41. The van der Waals surface area contributed by atoms with Crippen molar-refractivity contribution in [1.29, 1.82) is 0 Å². The summed E-state index contributed by atoms with van der Waals surface area (Å²) < 4.78 is 0. The van der Waals surface area contributed by atoms with Crippen LogP contribution in [0.2, 0.25) is 0 Å². The number of nitrogens with one attached hydrogen (secondary N) is 1. The molecule has 132 valence electrons. The highest BCUT2D eigenvalue weighted by Crippen LogP contribution is 2.37. The normalized spacial score (nSPS) is 23.5. The predicted molar refractivity (Wildman–Crippen MR) is 101 cm³/mol. The molecule has 1 aromatic carbocycles. The van der Waals surface area contributed by atoms with Crippen LogP contribution in [0.5, 0.6) is 0 Å². The van der Waals surface area contributed by atoms with Crippen LogP contribution in [0.25, 0.3) is 10.9 Å². The number of benzene rings is 1. The minimum atomic E-state index is 0.154. The van der Waals surface area contributed by atoms with Crippen molar-refractivity contribution in [2.45, 2.75) is 39.7 Å². The molecule has 1 unspecified atom stereocenters. The van der Waals surface area contributed by atoms with Crippen molar-refractivity contribution in [2.24, 2.45) is 11.3 Å². The van der Waals surface area contributed by atoms with Crippen molar-refractivity contribution in [2.75, 3.05) is 19.6 Å². The Labute approximate surface area is 149 Å². The maximum atomic E-state index is 12.9. The monoisotopic (exact) mass is 337 g/mol. The second kappa shape index (κ2) is 6.10. The SMILES string of the molecule is Cc1ccc2cc(C(=O)N3CCC(C4NCC4(C)C)CC3)ccc2n1. The van der Waals surface area contributed by atoms with Gasteiger partial charge in [0.25, 0.3) is 5.91 Å². The van der Waals surface area contributed by atoms with Crippen LogP contribution in [0.1, 0.15) is 42.7 Å². The summed E-state index contributed by atoms with van der Waals surface area (Å²) in [6.07, 6.45) is 2.20. The summed E-state index contributed by atoms with van der Waals surface area (Å²) in [6, 6.07) is 10.5. The highest BCUT2D eigenvalue weighted by Gasteiger charge is 2.43. The Balaban J connectivity index is 1.44. The average Bonchev–Trinajstić information content (AvgIpc) is 2.60. The largest absolute Gasteiger partial charge is 0.339 e. The highest BCUT2D eigenvalue weighted by molar-refractivity contribution is 5.98.